The Hall–Kier alpha value is -1.17. The number of hydrogen-bond donors (Lipinski definition) is 1. The Labute approximate surface area is 102 Å². The summed E-state index contributed by atoms with van der Waals surface area (Å²) in [5.74, 6) is 0. The van der Waals surface area contributed by atoms with E-state index < -0.39 is 12.7 Å². The molecule has 0 atom stereocenters. The zero-order valence-corrected chi connectivity index (χ0v) is 10.2. The average Bonchev–Trinajstić information content (AvgIpc) is 2.13. The molecule has 1 heterocycles. The van der Waals surface area contributed by atoms with E-state index in [0.29, 0.717) is 0 Å². The molecule has 96 valence electrons. The number of alkyl halides is 3. The van der Waals surface area contributed by atoms with E-state index in [0.717, 1.165) is 4.90 Å². The molecule has 0 aliphatic rings. The standard InChI is InChI=1S/C10H13ClF3N3/c1-6(2)17(5-10(12,13)14)9-7(11)3-16-4-8(9)15/h3-4,6H,5,15H2,1-2H3. The van der Waals surface area contributed by atoms with Gasteiger partial charge >= 0.3 is 6.18 Å². The third kappa shape index (κ3) is 3.66. The molecule has 0 aliphatic heterocycles. The van der Waals surface area contributed by atoms with Crippen LogP contribution in [0.1, 0.15) is 13.8 Å². The molecule has 0 saturated heterocycles. The molecule has 0 aromatic carbocycles. The van der Waals surface area contributed by atoms with Crippen molar-refractivity contribution in [2.75, 3.05) is 17.2 Å². The monoisotopic (exact) mass is 267 g/mol. The van der Waals surface area contributed by atoms with Crippen LogP contribution in [-0.4, -0.2) is 23.7 Å². The van der Waals surface area contributed by atoms with Gasteiger partial charge < -0.3 is 10.6 Å². The van der Waals surface area contributed by atoms with Crippen molar-refractivity contribution in [2.24, 2.45) is 0 Å². The van der Waals surface area contributed by atoms with Crippen molar-refractivity contribution < 1.29 is 13.2 Å². The second-order valence-electron chi connectivity index (χ2n) is 3.90. The molecule has 0 amide bonds. The van der Waals surface area contributed by atoms with E-state index in [-0.39, 0.29) is 22.4 Å². The average molecular weight is 268 g/mol. The minimum Gasteiger partial charge on any atom is -0.396 e. The van der Waals surface area contributed by atoms with Crippen molar-refractivity contribution in [3.63, 3.8) is 0 Å². The van der Waals surface area contributed by atoms with Crippen LogP contribution in [0.15, 0.2) is 12.4 Å². The molecular formula is C10H13ClF3N3. The number of anilines is 2. The first-order valence-corrected chi connectivity index (χ1v) is 5.32. The zero-order valence-electron chi connectivity index (χ0n) is 9.42. The Bertz CT molecular complexity index is 373. The fraction of sp³-hybridized carbons (Fsp3) is 0.500. The fourth-order valence-electron chi connectivity index (χ4n) is 1.46. The lowest BCUT2D eigenvalue weighted by Gasteiger charge is -2.31. The van der Waals surface area contributed by atoms with Gasteiger partial charge in [-0.15, -0.1) is 0 Å². The highest BCUT2D eigenvalue weighted by Crippen LogP contribution is 2.34. The van der Waals surface area contributed by atoms with Crippen LogP contribution in [0.5, 0.6) is 0 Å². The first-order valence-electron chi connectivity index (χ1n) is 4.94. The molecular weight excluding hydrogens is 255 g/mol. The Morgan fingerprint density at radius 2 is 2.00 bits per heavy atom. The van der Waals surface area contributed by atoms with E-state index in [1.807, 2.05) is 0 Å². The molecule has 17 heavy (non-hydrogen) atoms. The lowest BCUT2D eigenvalue weighted by atomic mass is 10.2. The van der Waals surface area contributed by atoms with Crippen LogP contribution in [0.4, 0.5) is 24.5 Å². The van der Waals surface area contributed by atoms with Gasteiger partial charge in [-0.05, 0) is 13.8 Å². The summed E-state index contributed by atoms with van der Waals surface area (Å²) in [4.78, 5) is 4.83. The molecule has 2 N–H and O–H groups in total. The fourth-order valence-corrected chi connectivity index (χ4v) is 1.73. The Morgan fingerprint density at radius 1 is 1.41 bits per heavy atom. The number of nitrogens with zero attached hydrogens (tertiary/aromatic N) is 2. The lowest BCUT2D eigenvalue weighted by molar-refractivity contribution is -0.120. The zero-order chi connectivity index (χ0) is 13.2. The van der Waals surface area contributed by atoms with Crippen LogP contribution in [-0.2, 0) is 0 Å². The van der Waals surface area contributed by atoms with Gasteiger partial charge in [-0.1, -0.05) is 11.6 Å². The van der Waals surface area contributed by atoms with Gasteiger partial charge in [-0.25, -0.2) is 0 Å². The number of hydrogen-bond acceptors (Lipinski definition) is 3. The van der Waals surface area contributed by atoms with E-state index in [1.54, 1.807) is 13.8 Å². The lowest BCUT2D eigenvalue weighted by Crippen LogP contribution is -2.39. The molecule has 0 saturated carbocycles. The second-order valence-corrected chi connectivity index (χ2v) is 4.30. The molecule has 0 fully saturated rings. The summed E-state index contributed by atoms with van der Waals surface area (Å²) in [6.45, 7) is 2.18. The minimum atomic E-state index is -4.32. The van der Waals surface area contributed by atoms with E-state index >= 15 is 0 Å². The van der Waals surface area contributed by atoms with Crippen LogP contribution in [0, 0.1) is 0 Å². The molecule has 0 bridgehead atoms. The van der Waals surface area contributed by atoms with Crippen LogP contribution in [0.2, 0.25) is 5.02 Å². The van der Waals surface area contributed by atoms with Gasteiger partial charge in [0.05, 0.1) is 22.6 Å². The van der Waals surface area contributed by atoms with Gasteiger partial charge in [0.15, 0.2) is 0 Å². The Morgan fingerprint density at radius 3 is 2.41 bits per heavy atom. The third-order valence-corrected chi connectivity index (χ3v) is 2.44. The molecule has 0 unspecified atom stereocenters. The van der Waals surface area contributed by atoms with E-state index in [1.165, 1.54) is 12.4 Å². The smallest absolute Gasteiger partial charge is 0.396 e. The summed E-state index contributed by atoms with van der Waals surface area (Å²) in [5, 5.41) is 0.114. The predicted octanol–water partition coefficient (Wildman–Crippen LogP) is 3.09. The predicted molar refractivity (Wildman–Crippen MR) is 62.2 cm³/mol. The summed E-state index contributed by atoms with van der Waals surface area (Å²) in [5.41, 5.74) is 5.93. The van der Waals surface area contributed by atoms with E-state index in [9.17, 15) is 13.2 Å². The third-order valence-electron chi connectivity index (χ3n) is 2.16. The number of rotatable bonds is 3. The van der Waals surface area contributed by atoms with Crippen molar-refractivity contribution in [2.45, 2.75) is 26.1 Å². The Kier molecular flexibility index (Phi) is 4.08. The minimum absolute atomic E-state index is 0.114. The highest BCUT2D eigenvalue weighted by atomic mass is 35.5. The normalized spacial score (nSPS) is 11.9. The van der Waals surface area contributed by atoms with Crippen molar-refractivity contribution >= 4 is 23.0 Å². The number of pyridine rings is 1. The van der Waals surface area contributed by atoms with Gasteiger partial charge in [-0.2, -0.15) is 13.2 Å². The number of aromatic nitrogens is 1. The molecule has 1 rings (SSSR count). The second kappa shape index (κ2) is 5.00. The summed E-state index contributed by atoms with van der Waals surface area (Å²) in [6, 6.07) is -0.376. The number of nitrogens with two attached hydrogens (primary N) is 1. The van der Waals surface area contributed by atoms with Crippen molar-refractivity contribution in [3.8, 4) is 0 Å². The van der Waals surface area contributed by atoms with E-state index in [2.05, 4.69) is 4.98 Å². The summed E-state index contributed by atoms with van der Waals surface area (Å²) in [6.07, 6.45) is -1.75. The summed E-state index contributed by atoms with van der Waals surface area (Å²) < 4.78 is 37.4. The first-order chi connectivity index (χ1) is 7.72. The van der Waals surface area contributed by atoms with Crippen molar-refractivity contribution in [3.05, 3.63) is 17.4 Å². The van der Waals surface area contributed by atoms with Crippen LogP contribution in [0.3, 0.4) is 0 Å². The molecule has 7 heteroatoms. The van der Waals surface area contributed by atoms with Gasteiger partial charge in [0.1, 0.15) is 6.54 Å². The molecule has 0 spiro atoms. The van der Waals surface area contributed by atoms with Gasteiger partial charge in [-0.3, -0.25) is 4.98 Å². The first kappa shape index (κ1) is 13.9. The Balaban J connectivity index is 3.15. The maximum absolute atomic E-state index is 12.5. The molecule has 1 aromatic heterocycles. The maximum atomic E-state index is 12.5. The van der Waals surface area contributed by atoms with Crippen molar-refractivity contribution in [1.82, 2.24) is 4.98 Å². The molecule has 0 aliphatic carbocycles. The van der Waals surface area contributed by atoms with E-state index in [4.69, 9.17) is 17.3 Å². The highest BCUT2D eigenvalue weighted by molar-refractivity contribution is 6.33. The van der Waals surface area contributed by atoms with Crippen LogP contribution in [0.25, 0.3) is 0 Å². The van der Waals surface area contributed by atoms with Gasteiger partial charge in [0, 0.05) is 12.2 Å². The topological polar surface area (TPSA) is 42.1 Å². The highest BCUT2D eigenvalue weighted by Gasteiger charge is 2.33. The molecule has 0 radical (unpaired) electrons. The summed E-state index contributed by atoms with van der Waals surface area (Å²) >= 11 is 5.85. The SMILES string of the molecule is CC(C)N(CC(F)(F)F)c1c(N)cncc1Cl. The maximum Gasteiger partial charge on any atom is 0.405 e. The summed E-state index contributed by atoms with van der Waals surface area (Å²) in [7, 11) is 0. The largest absolute Gasteiger partial charge is 0.405 e. The quantitative estimate of drug-likeness (QED) is 0.915. The number of nitrogen functional groups attached to an aromatic ring is 1. The van der Waals surface area contributed by atoms with Crippen LogP contribution < -0.4 is 10.6 Å². The molecule has 1 aromatic rings. The number of halogens is 4. The van der Waals surface area contributed by atoms with Gasteiger partial charge in [0.25, 0.3) is 0 Å². The molecule has 3 nitrogen and oxygen atoms in total. The van der Waals surface area contributed by atoms with Gasteiger partial charge in [0.2, 0.25) is 0 Å². The van der Waals surface area contributed by atoms with Crippen LogP contribution >= 0.6 is 11.6 Å². The van der Waals surface area contributed by atoms with Crippen molar-refractivity contribution in [1.29, 1.82) is 0 Å².